The van der Waals surface area contributed by atoms with Gasteiger partial charge in [-0.3, -0.25) is 0 Å². The summed E-state index contributed by atoms with van der Waals surface area (Å²) in [5.74, 6) is -0.963. The summed E-state index contributed by atoms with van der Waals surface area (Å²) >= 11 is 5.71. The molecule has 0 radical (unpaired) electrons. The van der Waals surface area contributed by atoms with Crippen LogP contribution in [0, 0.1) is 5.82 Å². The lowest BCUT2D eigenvalue weighted by Crippen LogP contribution is -2.50. The van der Waals surface area contributed by atoms with E-state index < -0.39 is 26.3 Å². The summed E-state index contributed by atoms with van der Waals surface area (Å²) in [5.41, 5.74) is 4.60. The minimum Gasteiger partial charge on any atom is -0.396 e. The molecule has 0 aromatic heterocycles. The molecule has 1 fully saturated rings. The third-order valence-electron chi connectivity index (χ3n) is 3.16. The van der Waals surface area contributed by atoms with E-state index >= 15 is 0 Å². The Balaban J connectivity index is 2.41. The van der Waals surface area contributed by atoms with Crippen molar-refractivity contribution in [1.29, 1.82) is 0 Å². The lowest BCUT2D eigenvalue weighted by atomic mass is 9.80. The third-order valence-corrected chi connectivity index (χ3v) is 5.02. The van der Waals surface area contributed by atoms with Crippen molar-refractivity contribution in [2.24, 2.45) is 0 Å². The van der Waals surface area contributed by atoms with Crippen molar-refractivity contribution in [3.05, 3.63) is 23.0 Å². The molecule has 18 heavy (non-hydrogen) atoms. The Morgan fingerprint density at radius 2 is 2.06 bits per heavy atom. The first-order valence-corrected chi connectivity index (χ1v) is 7.38. The average molecular weight is 293 g/mol. The van der Waals surface area contributed by atoms with Crippen molar-refractivity contribution in [2.75, 3.05) is 5.73 Å². The summed E-state index contributed by atoms with van der Waals surface area (Å²) in [6, 6.07) is 2.25. The van der Waals surface area contributed by atoms with Gasteiger partial charge in [0.2, 0.25) is 10.0 Å². The predicted molar refractivity (Wildman–Crippen MR) is 68.4 cm³/mol. The molecule has 1 aliphatic rings. The molecule has 0 aliphatic heterocycles. The number of nitrogen functional groups attached to an aromatic ring is 1. The van der Waals surface area contributed by atoms with Crippen LogP contribution in [-0.4, -0.2) is 14.0 Å². The van der Waals surface area contributed by atoms with Crippen molar-refractivity contribution >= 4 is 27.3 Å². The van der Waals surface area contributed by atoms with Crippen LogP contribution >= 0.6 is 11.6 Å². The SMILES string of the molecule is CC1(NS(=O)(=O)c2cc(Cl)cc(N)c2F)CCC1. The van der Waals surface area contributed by atoms with E-state index in [0.29, 0.717) is 0 Å². The Labute approximate surface area is 110 Å². The van der Waals surface area contributed by atoms with E-state index in [1.165, 1.54) is 6.07 Å². The summed E-state index contributed by atoms with van der Waals surface area (Å²) in [5, 5.41) is 0.0908. The van der Waals surface area contributed by atoms with Gasteiger partial charge >= 0.3 is 0 Å². The van der Waals surface area contributed by atoms with E-state index in [1.54, 1.807) is 6.92 Å². The van der Waals surface area contributed by atoms with Crippen LogP contribution in [0.4, 0.5) is 10.1 Å². The molecule has 3 N–H and O–H groups in total. The molecule has 1 saturated carbocycles. The van der Waals surface area contributed by atoms with Crippen LogP contribution in [0.25, 0.3) is 0 Å². The molecule has 0 unspecified atom stereocenters. The molecule has 0 spiro atoms. The first-order valence-electron chi connectivity index (χ1n) is 5.52. The van der Waals surface area contributed by atoms with E-state index in [4.69, 9.17) is 17.3 Å². The number of rotatable bonds is 3. The van der Waals surface area contributed by atoms with Crippen LogP contribution in [0.5, 0.6) is 0 Å². The van der Waals surface area contributed by atoms with E-state index in [1.807, 2.05) is 0 Å². The van der Waals surface area contributed by atoms with E-state index in [9.17, 15) is 12.8 Å². The van der Waals surface area contributed by atoms with Crippen LogP contribution in [0.2, 0.25) is 5.02 Å². The van der Waals surface area contributed by atoms with Gasteiger partial charge in [0.1, 0.15) is 4.90 Å². The van der Waals surface area contributed by atoms with Crippen molar-refractivity contribution in [3.63, 3.8) is 0 Å². The van der Waals surface area contributed by atoms with Gasteiger partial charge in [-0.1, -0.05) is 11.6 Å². The highest BCUT2D eigenvalue weighted by Gasteiger charge is 2.37. The topological polar surface area (TPSA) is 72.2 Å². The third kappa shape index (κ3) is 2.46. The lowest BCUT2D eigenvalue weighted by Gasteiger charge is -2.38. The number of benzene rings is 1. The highest BCUT2D eigenvalue weighted by molar-refractivity contribution is 7.89. The van der Waals surface area contributed by atoms with Gasteiger partial charge in [-0.15, -0.1) is 0 Å². The van der Waals surface area contributed by atoms with Crippen LogP contribution in [-0.2, 0) is 10.0 Å². The molecule has 7 heteroatoms. The average Bonchev–Trinajstić information content (AvgIpc) is 2.20. The maximum atomic E-state index is 13.8. The van der Waals surface area contributed by atoms with Crippen LogP contribution in [0.15, 0.2) is 17.0 Å². The molecule has 0 saturated heterocycles. The molecule has 4 nitrogen and oxygen atoms in total. The molecule has 1 aliphatic carbocycles. The quantitative estimate of drug-likeness (QED) is 0.840. The van der Waals surface area contributed by atoms with Crippen LogP contribution < -0.4 is 10.5 Å². The van der Waals surface area contributed by atoms with E-state index in [2.05, 4.69) is 4.72 Å². The van der Waals surface area contributed by atoms with Crippen molar-refractivity contribution in [3.8, 4) is 0 Å². The Kier molecular flexibility index (Phi) is 3.29. The Hall–Kier alpha value is -0.850. The second-order valence-electron chi connectivity index (χ2n) is 4.83. The molecular formula is C11H14ClFN2O2S. The van der Waals surface area contributed by atoms with Gasteiger partial charge in [0.25, 0.3) is 0 Å². The Morgan fingerprint density at radius 1 is 1.44 bits per heavy atom. The van der Waals surface area contributed by atoms with Gasteiger partial charge in [-0.2, -0.15) is 0 Å². The maximum Gasteiger partial charge on any atom is 0.244 e. The molecule has 0 bridgehead atoms. The monoisotopic (exact) mass is 292 g/mol. The summed E-state index contributed by atoms with van der Waals surface area (Å²) in [4.78, 5) is -0.499. The fourth-order valence-electron chi connectivity index (χ4n) is 1.97. The number of sulfonamides is 1. The van der Waals surface area contributed by atoms with Gasteiger partial charge in [0, 0.05) is 10.6 Å². The second kappa shape index (κ2) is 4.36. The summed E-state index contributed by atoms with van der Waals surface area (Å²) in [6.45, 7) is 1.79. The molecular weight excluding hydrogens is 279 g/mol. The standard InChI is InChI=1S/C11H14ClFN2O2S/c1-11(3-2-4-11)15-18(16,17)9-6-7(12)5-8(14)10(9)13/h5-6,15H,2-4,14H2,1H3. The van der Waals surface area contributed by atoms with Crippen molar-refractivity contribution in [2.45, 2.75) is 36.6 Å². The molecule has 2 rings (SSSR count). The zero-order valence-corrected chi connectivity index (χ0v) is 11.4. The smallest absolute Gasteiger partial charge is 0.244 e. The fourth-order valence-corrected chi connectivity index (χ4v) is 3.86. The van der Waals surface area contributed by atoms with E-state index in [-0.39, 0.29) is 10.7 Å². The molecule has 0 amide bonds. The molecule has 0 heterocycles. The van der Waals surface area contributed by atoms with Crippen LogP contribution in [0.3, 0.4) is 0 Å². The summed E-state index contributed by atoms with van der Waals surface area (Å²) in [7, 11) is -3.94. The number of hydrogen-bond acceptors (Lipinski definition) is 3. The van der Waals surface area contributed by atoms with Crippen molar-refractivity contribution in [1.82, 2.24) is 4.72 Å². The zero-order valence-electron chi connectivity index (χ0n) is 9.83. The Morgan fingerprint density at radius 3 is 2.56 bits per heavy atom. The zero-order chi connectivity index (χ0) is 13.6. The number of hydrogen-bond donors (Lipinski definition) is 2. The molecule has 100 valence electrons. The number of nitrogens with one attached hydrogen (secondary N) is 1. The molecule has 1 aromatic carbocycles. The maximum absolute atomic E-state index is 13.8. The van der Waals surface area contributed by atoms with Gasteiger partial charge in [0.15, 0.2) is 5.82 Å². The summed E-state index contributed by atoms with van der Waals surface area (Å²) in [6.07, 6.45) is 2.44. The minimum atomic E-state index is -3.94. The molecule has 1 aromatic rings. The summed E-state index contributed by atoms with van der Waals surface area (Å²) < 4.78 is 40.5. The highest BCUT2D eigenvalue weighted by atomic mass is 35.5. The van der Waals surface area contributed by atoms with Gasteiger partial charge in [-0.05, 0) is 38.3 Å². The minimum absolute atomic E-state index is 0.0908. The lowest BCUT2D eigenvalue weighted by molar-refractivity contribution is 0.247. The normalized spacial score (nSPS) is 18.4. The largest absolute Gasteiger partial charge is 0.396 e. The number of halogens is 2. The van der Waals surface area contributed by atoms with Gasteiger partial charge in [-0.25, -0.2) is 17.5 Å². The molecule has 0 atom stereocenters. The first kappa shape index (κ1) is 13.6. The number of anilines is 1. The highest BCUT2D eigenvalue weighted by Crippen LogP contribution is 2.34. The Bertz CT molecular complexity index is 585. The van der Waals surface area contributed by atoms with E-state index in [0.717, 1.165) is 25.3 Å². The van der Waals surface area contributed by atoms with Crippen LogP contribution in [0.1, 0.15) is 26.2 Å². The van der Waals surface area contributed by atoms with Gasteiger partial charge < -0.3 is 5.73 Å². The second-order valence-corrected chi connectivity index (χ2v) is 6.91. The first-order chi connectivity index (χ1) is 8.23. The fraction of sp³-hybridized carbons (Fsp3) is 0.455. The predicted octanol–water partition coefficient (Wildman–Crippen LogP) is 2.28. The van der Waals surface area contributed by atoms with Crippen molar-refractivity contribution < 1.29 is 12.8 Å². The van der Waals surface area contributed by atoms with Gasteiger partial charge in [0.05, 0.1) is 5.69 Å². The number of nitrogens with two attached hydrogens (primary N) is 1.